The Labute approximate surface area is 221 Å². The van der Waals surface area contributed by atoms with Gasteiger partial charge in [-0.1, -0.05) is 44.5 Å². The molecule has 0 bridgehead atoms. The monoisotopic (exact) mass is 504 g/mol. The largest absolute Gasteiger partial charge is 0.393 e. The van der Waals surface area contributed by atoms with E-state index in [1.165, 1.54) is 16.7 Å². The van der Waals surface area contributed by atoms with Crippen LogP contribution in [-0.2, 0) is 0 Å². The Balaban J connectivity index is 1.41. The number of piperazine rings is 1. The predicted octanol–water partition coefficient (Wildman–Crippen LogP) is 5.48. The van der Waals surface area contributed by atoms with Gasteiger partial charge in [-0.25, -0.2) is 4.98 Å². The molecule has 5 rings (SSSR count). The molecule has 200 valence electrons. The number of unbranched alkanes of at least 4 members (excludes halogenated alkanes) is 1. The molecule has 2 fully saturated rings. The first-order valence-electron chi connectivity index (χ1n) is 14.4. The number of likely N-dealkylation sites (N-methyl/N-ethyl adjacent to an activating group) is 1. The molecule has 7 heteroatoms. The molecular weight excluding hydrogens is 460 g/mol. The van der Waals surface area contributed by atoms with Crippen LogP contribution in [0.15, 0.2) is 36.7 Å². The summed E-state index contributed by atoms with van der Waals surface area (Å²) in [5.41, 5.74) is 4.77. The molecule has 1 aromatic carbocycles. The summed E-state index contributed by atoms with van der Waals surface area (Å²) in [6, 6.07) is 9.92. The summed E-state index contributed by atoms with van der Waals surface area (Å²) in [5, 5.41) is 14.6. The predicted molar refractivity (Wildman–Crippen MR) is 152 cm³/mol. The molecule has 1 aliphatic carbocycles. The van der Waals surface area contributed by atoms with Gasteiger partial charge in [-0.15, -0.1) is 0 Å². The lowest BCUT2D eigenvalue weighted by Gasteiger charge is -2.37. The number of nitrogens with zero attached hydrogens (tertiary/aromatic N) is 5. The second-order valence-corrected chi connectivity index (χ2v) is 10.9. The van der Waals surface area contributed by atoms with E-state index >= 15 is 0 Å². The Bertz CT molecular complexity index is 1140. The van der Waals surface area contributed by atoms with Crippen molar-refractivity contribution >= 4 is 17.0 Å². The van der Waals surface area contributed by atoms with Crippen molar-refractivity contribution in [2.45, 2.75) is 77.5 Å². The molecule has 2 aliphatic rings. The first kappa shape index (κ1) is 26.1. The van der Waals surface area contributed by atoms with Crippen LogP contribution in [0.4, 0.5) is 5.95 Å². The number of aromatic nitrogens is 3. The van der Waals surface area contributed by atoms with Gasteiger partial charge in [-0.3, -0.25) is 4.90 Å². The number of aliphatic hydroxyl groups excluding tert-OH is 1. The minimum Gasteiger partial charge on any atom is -0.393 e. The van der Waals surface area contributed by atoms with Gasteiger partial charge in [-0.2, -0.15) is 4.98 Å². The van der Waals surface area contributed by atoms with Crippen LogP contribution in [0.3, 0.4) is 0 Å². The molecule has 0 unspecified atom stereocenters. The molecule has 0 radical (unpaired) electrons. The average Bonchev–Trinajstić information content (AvgIpc) is 3.32. The fraction of sp³-hybridized carbons (Fsp3) is 0.600. The molecule has 1 saturated carbocycles. The molecule has 1 atom stereocenters. The van der Waals surface area contributed by atoms with E-state index in [-0.39, 0.29) is 6.10 Å². The van der Waals surface area contributed by atoms with Gasteiger partial charge in [0, 0.05) is 68.2 Å². The summed E-state index contributed by atoms with van der Waals surface area (Å²) in [6.45, 7) is 13.4. The summed E-state index contributed by atoms with van der Waals surface area (Å²) in [7, 11) is 0. The van der Waals surface area contributed by atoms with Gasteiger partial charge < -0.3 is 19.9 Å². The Morgan fingerprint density at radius 2 is 1.76 bits per heavy atom. The molecule has 0 amide bonds. The Kier molecular flexibility index (Phi) is 8.43. The summed E-state index contributed by atoms with van der Waals surface area (Å²) in [4.78, 5) is 14.8. The van der Waals surface area contributed by atoms with Crippen LogP contribution in [0.2, 0.25) is 0 Å². The van der Waals surface area contributed by atoms with E-state index in [0.717, 1.165) is 88.8 Å². The first-order chi connectivity index (χ1) is 18.1. The number of anilines is 1. The van der Waals surface area contributed by atoms with Crippen molar-refractivity contribution in [3.8, 4) is 11.1 Å². The van der Waals surface area contributed by atoms with Gasteiger partial charge in [0.25, 0.3) is 0 Å². The van der Waals surface area contributed by atoms with E-state index in [0.29, 0.717) is 18.0 Å². The molecule has 3 aromatic rings. The number of nitrogens with one attached hydrogen (secondary N) is 1. The molecule has 3 heterocycles. The molecule has 0 spiro atoms. The molecular formula is C30H44N6O. The summed E-state index contributed by atoms with van der Waals surface area (Å²) >= 11 is 0. The highest BCUT2D eigenvalue weighted by Gasteiger charge is 2.25. The quantitative estimate of drug-likeness (QED) is 0.376. The second kappa shape index (κ2) is 11.9. The molecule has 2 aromatic heterocycles. The third kappa shape index (κ3) is 5.84. The van der Waals surface area contributed by atoms with E-state index in [2.05, 4.69) is 75.9 Å². The molecule has 1 saturated heterocycles. The number of hydrogen-bond donors (Lipinski definition) is 2. The summed E-state index contributed by atoms with van der Waals surface area (Å²) < 4.78 is 2.35. The van der Waals surface area contributed by atoms with Gasteiger partial charge in [0.2, 0.25) is 5.95 Å². The normalized spacial score (nSPS) is 22.4. The van der Waals surface area contributed by atoms with Crippen molar-refractivity contribution in [2.24, 2.45) is 0 Å². The fourth-order valence-corrected chi connectivity index (χ4v) is 5.96. The van der Waals surface area contributed by atoms with Crippen LogP contribution in [0.25, 0.3) is 22.2 Å². The Morgan fingerprint density at radius 1 is 1.03 bits per heavy atom. The average molecular weight is 505 g/mol. The maximum Gasteiger partial charge on any atom is 0.224 e. The van der Waals surface area contributed by atoms with Crippen molar-refractivity contribution in [1.29, 1.82) is 0 Å². The van der Waals surface area contributed by atoms with Crippen molar-refractivity contribution in [3.05, 3.63) is 42.2 Å². The topological polar surface area (TPSA) is 69.5 Å². The highest BCUT2D eigenvalue weighted by atomic mass is 16.3. The lowest BCUT2D eigenvalue weighted by Crippen LogP contribution is -2.46. The zero-order valence-electron chi connectivity index (χ0n) is 22.9. The summed E-state index contributed by atoms with van der Waals surface area (Å²) in [5.74, 6) is 0.704. The third-order valence-corrected chi connectivity index (χ3v) is 8.55. The fourth-order valence-electron chi connectivity index (χ4n) is 5.96. The van der Waals surface area contributed by atoms with E-state index in [1.807, 2.05) is 6.20 Å². The van der Waals surface area contributed by atoms with Crippen LogP contribution in [0.1, 0.15) is 76.9 Å². The van der Waals surface area contributed by atoms with Crippen molar-refractivity contribution < 1.29 is 5.11 Å². The minimum atomic E-state index is -0.169. The summed E-state index contributed by atoms with van der Waals surface area (Å²) in [6.07, 6.45) is 10.0. The third-order valence-electron chi connectivity index (χ3n) is 8.55. The second-order valence-electron chi connectivity index (χ2n) is 10.9. The van der Waals surface area contributed by atoms with Gasteiger partial charge in [-0.05, 0) is 56.7 Å². The first-order valence-corrected chi connectivity index (χ1v) is 14.4. The van der Waals surface area contributed by atoms with E-state index in [4.69, 9.17) is 4.98 Å². The molecule has 37 heavy (non-hydrogen) atoms. The number of benzene rings is 1. The van der Waals surface area contributed by atoms with Crippen molar-refractivity contribution in [3.63, 3.8) is 0 Å². The number of rotatable bonds is 9. The highest BCUT2D eigenvalue weighted by molar-refractivity contribution is 5.94. The van der Waals surface area contributed by atoms with Gasteiger partial charge in [0.05, 0.1) is 6.10 Å². The highest BCUT2D eigenvalue weighted by Crippen LogP contribution is 2.37. The van der Waals surface area contributed by atoms with Gasteiger partial charge in [0.1, 0.15) is 5.65 Å². The van der Waals surface area contributed by atoms with Crippen molar-refractivity contribution in [1.82, 2.24) is 24.3 Å². The van der Waals surface area contributed by atoms with E-state index in [1.54, 1.807) is 0 Å². The Morgan fingerprint density at radius 3 is 2.43 bits per heavy atom. The number of fused-ring (bicyclic) bond motifs is 1. The van der Waals surface area contributed by atoms with Crippen LogP contribution < -0.4 is 5.32 Å². The van der Waals surface area contributed by atoms with Crippen LogP contribution in [0, 0.1) is 0 Å². The van der Waals surface area contributed by atoms with Crippen molar-refractivity contribution in [2.75, 3.05) is 44.6 Å². The zero-order chi connectivity index (χ0) is 25.8. The molecule has 2 N–H and O–H groups in total. The number of hydrogen-bond acceptors (Lipinski definition) is 6. The van der Waals surface area contributed by atoms with Crippen LogP contribution >= 0.6 is 0 Å². The molecule has 7 nitrogen and oxygen atoms in total. The maximum atomic E-state index is 10.1. The standard InChI is InChI=1S/C30H44N6O/c1-4-6-15-31-30-32-20-27-28(21-36(29(27)33-30)25-11-13-26(37)14-12-25)24-9-7-23(8-10-24)22(3)35-18-16-34(5-2)17-19-35/h7-10,20-22,25-26,37H,4-6,11-19H2,1-3H3,(H,31,32,33)/t22-,25?,26?/m0/s1. The van der Waals surface area contributed by atoms with Gasteiger partial charge >= 0.3 is 0 Å². The Hall–Kier alpha value is -2.48. The van der Waals surface area contributed by atoms with E-state index < -0.39 is 0 Å². The lowest BCUT2D eigenvalue weighted by molar-refractivity contribution is 0.106. The number of aliphatic hydroxyl groups is 1. The van der Waals surface area contributed by atoms with Crippen LogP contribution in [-0.4, -0.2) is 74.8 Å². The smallest absolute Gasteiger partial charge is 0.224 e. The SMILES string of the molecule is CCCCNc1ncc2c(-c3ccc([C@H](C)N4CCN(CC)CC4)cc3)cn(C3CCC(O)CC3)c2n1. The van der Waals surface area contributed by atoms with Crippen LogP contribution in [0.5, 0.6) is 0 Å². The maximum absolute atomic E-state index is 10.1. The zero-order valence-corrected chi connectivity index (χ0v) is 22.9. The molecule has 1 aliphatic heterocycles. The lowest BCUT2D eigenvalue weighted by atomic mass is 9.93. The minimum absolute atomic E-state index is 0.169. The van der Waals surface area contributed by atoms with E-state index in [9.17, 15) is 5.11 Å². The van der Waals surface area contributed by atoms with Gasteiger partial charge in [0.15, 0.2) is 0 Å².